The molecule has 2 atom stereocenters. The van der Waals surface area contributed by atoms with Crippen molar-refractivity contribution in [3.63, 3.8) is 0 Å². The van der Waals surface area contributed by atoms with Crippen LogP contribution in [0.1, 0.15) is 19.6 Å². The normalized spacial score (nSPS) is 15.1. The third-order valence-electron chi connectivity index (χ3n) is 2.77. The topological polar surface area (TPSA) is 102 Å². The molecule has 2 unspecified atom stereocenters. The molecule has 18 heavy (non-hydrogen) atoms. The number of nitrogens with one attached hydrogen (secondary N) is 1. The van der Waals surface area contributed by atoms with Crippen molar-refractivity contribution in [2.75, 3.05) is 6.54 Å². The first kappa shape index (κ1) is 14.7. The summed E-state index contributed by atoms with van der Waals surface area (Å²) < 4.78 is 28.8. The van der Waals surface area contributed by atoms with Crippen molar-refractivity contribution in [1.82, 2.24) is 5.32 Å². The molecule has 1 aromatic heterocycles. The zero-order valence-corrected chi connectivity index (χ0v) is 11.2. The van der Waals surface area contributed by atoms with E-state index in [-0.39, 0.29) is 13.1 Å². The van der Waals surface area contributed by atoms with Crippen molar-refractivity contribution in [3.8, 4) is 0 Å². The Morgan fingerprint density at radius 1 is 1.50 bits per heavy atom. The van der Waals surface area contributed by atoms with Gasteiger partial charge in [-0.1, -0.05) is 0 Å². The zero-order chi connectivity index (χ0) is 13.8. The molecule has 0 radical (unpaired) electrons. The predicted octanol–water partition coefficient (Wildman–Crippen LogP) is 0.0463. The molecule has 0 fully saturated rings. The fourth-order valence-electron chi connectivity index (χ4n) is 1.36. The van der Waals surface area contributed by atoms with Gasteiger partial charge in [-0.05, 0) is 26.0 Å². The van der Waals surface area contributed by atoms with Crippen molar-refractivity contribution >= 4 is 15.7 Å². The van der Waals surface area contributed by atoms with Crippen LogP contribution >= 0.6 is 0 Å². The lowest BCUT2D eigenvalue weighted by Gasteiger charge is -2.16. The number of hydrogen-bond donors (Lipinski definition) is 2. The third kappa shape index (κ3) is 3.33. The summed E-state index contributed by atoms with van der Waals surface area (Å²) in [6.45, 7) is 3.02. The van der Waals surface area contributed by atoms with Gasteiger partial charge in [-0.3, -0.25) is 4.79 Å². The van der Waals surface area contributed by atoms with Crippen LogP contribution in [0.25, 0.3) is 0 Å². The summed E-state index contributed by atoms with van der Waals surface area (Å²) in [5, 5.41) is 0.663. The van der Waals surface area contributed by atoms with E-state index >= 15 is 0 Å². The van der Waals surface area contributed by atoms with Gasteiger partial charge in [0.05, 0.1) is 18.1 Å². The Bertz CT molecular complexity index is 481. The molecule has 1 aromatic rings. The Kier molecular flexibility index (Phi) is 4.92. The van der Waals surface area contributed by atoms with E-state index in [1.54, 1.807) is 12.1 Å². The Balaban J connectivity index is 2.61. The average molecular weight is 274 g/mol. The number of amides is 1. The number of hydrogen-bond acceptors (Lipinski definition) is 5. The first-order valence-electron chi connectivity index (χ1n) is 5.62. The van der Waals surface area contributed by atoms with Crippen LogP contribution in [0.15, 0.2) is 22.8 Å². The van der Waals surface area contributed by atoms with Crippen LogP contribution in [0.5, 0.6) is 0 Å². The fourth-order valence-corrected chi connectivity index (χ4v) is 2.71. The highest BCUT2D eigenvalue weighted by Crippen LogP contribution is 2.09. The van der Waals surface area contributed by atoms with E-state index in [2.05, 4.69) is 5.32 Å². The number of sulfone groups is 1. The van der Waals surface area contributed by atoms with E-state index in [0.717, 1.165) is 0 Å². The molecule has 1 amide bonds. The summed E-state index contributed by atoms with van der Waals surface area (Å²) in [7, 11) is -3.55. The lowest BCUT2D eigenvalue weighted by atomic mass is 10.4. The van der Waals surface area contributed by atoms with E-state index in [4.69, 9.17) is 10.2 Å². The van der Waals surface area contributed by atoms with E-state index < -0.39 is 26.2 Å². The van der Waals surface area contributed by atoms with Gasteiger partial charge in [-0.25, -0.2) is 8.42 Å². The predicted molar refractivity (Wildman–Crippen MR) is 67.5 cm³/mol. The third-order valence-corrected chi connectivity index (χ3v) is 5.29. The molecule has 3 N–H and O–H groups in total. The highest BCUT2D eigenvalue weighted by Gasteiger charge is 2.32. The minimum absolute atomic E-state index is 0.00185. The van der Waals surface area contributed by atoms with Crippen LogP contribution < -0.4 is 11.1 Å². The summed E-state index contributed by atoms with van der Waals surface area (Å²) in [6.07, 6.45) is 1.48. The first-order chi connectivity index (χ1) is 8.39. The van der Waals surface area contributed by atoms with Crippen LogP contribution in [0.3, 0.4) is 0 Å². The lowest BCUT2D eigenvalue weighted by molar-refractivity contribution is -0.120. The quantitative estimate of drug-likeness (QED) is 0.763. The maximum Gasteiger partial charge on any atom is 0.238 e. The van der Waals surface area contributed by atoms with Gasteiger partial charge in [0, 0.05) is 6.54 Å². The van der Waals surface area contributed by atoms with Crippen LogP contribution in [-0.4, -0.2) is 31.4 Å². The second-order valence-corrected chi connectivity index (χ2v) is 6.76. The summed E-state index contributed by atoms with van der Waals surface area (Å²) in [5.74, 6) is 0.0199. The molecule has 6 nitrogen and oxygen atoms in total. The molecule has 0 aliphatic rings. The number of nitrogens with two attached hydrogens (primary N) is 1. The van der Waals surface area contributed by atoms with Gasteiger partial charge >= 0.3 is 0 Å². The number of rotatable bonds is 6. The summed E-state index contributed by atoms with van der Waals surface area (Å²) in [6, 6.07) is 3.39. The molecular formula is C11H18N2O4S. The Morgan fingerprint density at radius 2 is 2.17 bits per heavy atom. The first-order valence-corrected chi connectivity index (χ1v) is 7.23. The minimum Gasteiger partial charge on any atom is -0.467 e. The van der Waals surface area contributed by atoms with Gasteiger partial charge in [-0.2, -0.15) is 0 Å². The van der Waals surface area contributed by atoms with Crippen molar-refractivity contribution in [3.05, 3.63) is 24.2 Å². The van der Waals surface area contributed by atoms with Crippen molar-refractivity contribution in [2.45, 2.75) is 30.9 Å². The average Bonchev–Trinajstić information content (AvgIpc) is 2.86. The highest BCUT2D eigenvalue weighted by atomic mass is 32.2. The van der Waals surface area contributed by atoms with Crippen LogP contribution in [0, 0.1) is 0 Å². The van der Waals surface area contributed by atoms with Crippen molar-refractivity contribution in [1.29, 1.82) is 0 Å². The Labute approximate surface area is 106 Å². The van der Waals surface area contributed by atoms with Crippen molar-refractivity contribution in [2.24, 2.45) is 5.73 Å². The van der Waals surface area contributed by atoms with Crippen LogP contribution in [0.4, 0.5) is 0 Å². The van der Waals surface area contributed by atoms with E-state index in [9.17, 15) is 13.2 Å². The van der Waals surface area contributed by atoms with E-state index in [1.165, 1.54) is 20.1 Å². The molecule has 7 heteroatoms. The van der Waals surface area contributed by atoms with E-state index in [1.807, 2.05) is 0 Å². The van der Waals surface area contributed by atoms with Gasteiger partial charge in [0.2, 0.25) is 5.91 Å². The second-order valence-electron chi connectivity index (χ2n) is 4.07. The Hall–Kier alpha value is -1.34. The standard InChI is InChI=1S/C11H18N2O4S/c1-8(6-12)18(15,16)9(2)11(14)13-7-10-4-3-5-17-10/h3-5,8-9H,6-7,12H2,1-2H3,(H,13,14). The second kappa shape index (κ2) is 6.01. The van der Waals surface area contributed by atoms with Gasteiger partial charge in [0.25, 0.3) is 0 Å². The highest BCUT2D eigenvalue weighted by molar-refractivity contribution is 7.93. The zero-order valence-electron chi connectivity index (χ0n) is 10.4. The maximum absolute atomic E-state index is 11.9. The minimum atomic E-state index is -3.55. The van der Waals surface area contributed by atoms with Crippen molar-refractivity contribution < 1.29 is 17.6 Å². The summed E-state index contributed by atoms with van der Waals surface area (Å²) in [5.41, 5.74) is 5.32. The number of furan rings is 1. The monoisotopic (exact) mass is 274 g/mol. The molecule has 1 rings (SSSR count). The van der Waals surface area contributed by atoms with Crippen LogP contribution in [-0.2, 0) is 21.2 Å². The molecule has 0 aliphatic carbocycles. The molecule has 0 bridgehead atoms. The molecule has 0 saturated carbocycles. The number of carbonyl (C=O) groups excluding carboxylic acids is 1. The van der Waals surface area contributed by atoms with Gasteiger partial charge in [-0.15, -0.1) is 0 Å². The molecule has 1 heterocycles. The smallest absolute Gasteiger partial charge is 0.238 e. The Morgan fingerprint density at radius 3 is 2.67 bits per heavy atom. The summed E-state index contributed by atoms with van der Waals surface area (Å²) in [4.78, 5) is 11.7. The van der Waals surface area contributed by atoms with Gasteiger partial charge in [0.15, 0.2) is 9.84 Å². The largest absolute Gasteiger partial charge is 0.467 e. The van der Waals surface area contributed by atoms with Crippen LogP contribution in [0.2, 0.25) is 0 Å². The lowest BCUT2D eigenvalue weighted by Crippen LogP contribution is -2.43. The molecule has 0 aromatic carbocycles. The fraction of sp³-hybridized carbons (Fsp3) is 0.545. The molecule has 102 valence electrons. The van der Waals surface area contributed by atoms with Gasteiger partial charge < -0.3 is 15.5 Å². The molecule has 0 spiro atoms. The molecule has 0 aliphatic heterocycles. The SMILES string of the molecule is CC(CN)S(=O)(=O)C(C)C(=O)NCc1ccco1. The summed E-state index contributed by atoms with van der Waals surface area (Å²) >= 11 is 0. The molecule has 0 saturated heterocycles. The van der Waals surface area contributed by atoms with Gasteiger partial charge in [0.1, 0.15) is 11.0 Å². The maximum atomic E-state index is 11.9. The number of carbonyl (C=O) groups is 1. The van der Waals surface area contributed by atoms with E-state index in [0.29, 0.717) is 5.76 Å². The molecular weight excluding hydrogens is 256 g/mol.